The van der Waals surface area contributed by atoms with Crippen LogP contribution in [-0.2, 0) is 13.6 Å². The first-order valence-electron chi connectivity index (χ1n) is 6.51. The number of fused-ring (bicyclic) bond motifs is 2. The van der Waals surface area contributed by atoms with Crippen molar-refractivity contribution in [1.29, 1.82) is 0 Å². The van der Waals surface area contributed by atoms with E-state index in [0.717, 1.165) is 24.5 Å². The molecule has 5 heteroatoms. The molecule has 0 radical (unpaired) electrons. The smallest absolute Gasteiger partial charge is 0.146 e. The summed E-state index contributed by atoms with van der Waals surface area (Å²) >= 11 is 0. The maximum absolute atomic E-state index is 4.16. The van der Waals surface area contributed by atoms with Gasteiger partial charge >= 0.3 is 0 Å². The second-order valence-corrected chi connectivity index (χ2v) is 5.54. The Hall–Kier alpha value is -0.940. The van der Waals surface area contributed by atoms with Crippen LogP contribution in [0.1, 0.15) is 31.5 Å². The van der Waals surface area contributed by atoms with Crippen LogP contribution in [0.4, 0.5) is 0 Å². The molecule has 5 nitrogen and oxygen atoms in total. The van der Waals surface area contributed by atoms with E-state index in [9.17, 15) is 0 Å². The monoisotopic (exact) mass is 235 g/mol. The summed E-state index contributed by atoms with van der Waals surface area (Å²) in [7, 11) is 4.22. The Morgan fingerprint density at radius 2 is 2.12 bits per heavy atom. The van der Waals surface area contributed by atoms with Crippen molar-refractivity contribution in [2.24, 2.45) is 7.05 Å². The average molecular weight is 235 g/mol. The minimum absolute atomic E-state index is 0.699. The number of piperidine rings is 1. The van der Waals surface area contributed by atoms with Crippen LogP contribution in [0.5, 0.6) is 0 Å². The minimum atomic E-state index is 0.699. The first-order chi connectivity index (χ1) is 8.22. The zero-order chi connectivity index (χ0) is 11.8. The first kappa shape index (κ1) is 11.2. The Morgan fingerprint density at radius 3 is 2.71 bits per heavy atom. The Bertz CT molecular complexity index is 376. The Labute approximate surface area is 102 Å². The molecule has 0 amide bonds. The van der Waals surface area contributed by atoms with Gasteiger partial charge in [-0.2, -0.15) is 0 Å². The van der Waals surface area contributed by atoms with E-state index in [1.54, 1.807) is 6.33 Å². The maximum Gasteiger partial charge on any atom is 0.146 e. The number of nitrogens with one attached hydrogen (secondary N) is 1. The highest BCUT2D eigenvalue weighted by molar-refractivity contribution is 4.96. The number of nitrogens with zero attached hydrogens (tertiary/aromatic N) is 4. The van der Waals surface area contributed by atoms with E-state index in [1.807, 2.05) is 11.6 Å². The molecule has 1 N–H and O–H groups in total. The summed E-state index contributed by atoms with van der Waals surface area (Å²) in [6, 6.07) is 2.20. The average Bonchev–Trinajstić information content (AvgIpc) is 2.86. The van der Waals surface area contributed by atoms with E-state index in [2.05, 4.69) is 27.5 Å². The second-order valence-electron chi connectivity index (χ2n) is 5.54. The lowest BCUT2D eigenvalue weighted by molar-refractivity contribution is 0.161. The molecule has 3 heterocycles. The molecule has 0 saturated carbocycles. The summed E-state index contributed by atoms with van der Waals surface area (Å²) in [4.78, 5) is 2.44. The molecule has 1 aromatic rings. The van der Waals surface area contributed by atoms with Crippen molar-refractivity contribution in [2.75, 3.05) is 7.05 Å². The number of aromatic nitrogens is 3. The summed E-state index contributed by atoms with van der Waals surface area (Å²) in [6.45, 7) is 0.903. The van der Waals surface area contributed by atoms with Gasteiger partial charge in [-0.1, -0.05) is 0 Å². The largest absolute Gasteiger partial charge is 0.320 e. The Morgan fingerprint density at radius 1 is 1.41 bits per heavy atom. The van der Waals surface area contributed by atoms with Crippen LogP contribution in [-0.4, -0.2) is 44.8 Å². The zero-order valence-electron chi connectivity index (χ0n) is 10.6. The quantitative estimate of drug-likeness (QED) is 0.830. The number of rotatable bonds is 3. The van der Waals surface area contributed by atoms with E-state index < -0.39 is 0 Å². The summed E-state index contributed by atoms with van der Waals surface area (Å²) in [5.41, 5.74) is 0. The summed E-state index contributed by atoms with van der Waals surface area (Å²) in [5, 5.41) is 11.8. The molecule has 2 aliphatic heterocycles. The fourth-order valence-corrected chi connectivity index (χ4v) is 3.19. The van der Waals surface area contributed by atoms with Crippen LogP contribution in [0, 0.1) is 0 Å². The highest BCUT2D eigenvalue weighted by Crippen LogP contribution is 2.29. The third-order valence-electron chi connectivity index (χ3n) is 4.27. The Kier molecular flexibility index (Phi) is 2.88. The van der Waals surface area contributed by atoms with E-state index >= 15 is 0 Å². The van der Waals surface area contributed by atoms with Crippen molar-refractivity contribution in [3.8, 4) is 0 Å². The van der Waals surface area contributed by atoms with Gasteiger partial charge < -0.3 is 9.88 Å². The molecule has 2 saturated heterocycles. The fourth-order valence-electron chi connectivity index (χ4n) is 3.19. The van der Waals surface area contributed by atoms with Crippen molar-refractivity contribution < 1.29 is 0 Å². The molecule has 0 spiro atoms. The van der Waals surface area contributed by atoms with E-state index in [1.165, 1.54) is 25.7 Å². The number of hydrogen-bond acceptors (Lipinski definition) is 4. The lowest BCUT2D eigenvalue weighted by atomic mass is 9.98. The topological polar surface area (TPSA) is 46.0 Å². The van der Waals surface area contributed by atoms with Gasteiger partial charge in [0, 0.05) is 25.2 Å². The fraction of sp³-hybridized carbons (Fsp3) is 0.833. The molecular weight excluding hydrogens is 214 g/mol. The van der Waals surface area contributed by atoms with Crippen LogP contribution in [0.2, 0.25) is 0 Å². The van der Waals surface area contributed by atoms with Crippen LogP contribution in [0.25, 0.3) is 0 Å². The lowest BCUT2D eigenvalue weighted by Gasteiger charge is -2.35. The van der Waals surface area contributed by atoms with Crippen LogP contribution in [0.15, 0.2) is 6.33 Å². The molecule has 2 bridgehead atoms. The van der Waals surface area contributed by atoms with Gasteiger partial charge in [0.05, 0.1) is 6.54 Å². The van der Waals surface area contributed by atoms with Gasteiger partial charge in [0.1, 0.15) is 12.2 Å². The van der Waals surface area contributed by atoms with Crippen molar-refractivity contribution in [1.82, 2.24) is 25.0 Å². The number of hydrogen-bond donors (Lipinski definition) is 1. The zero-order valence-corrected chi connectivity index (χ0v) is 10.6. The molecule has 2 aliphatic rings. The van der Waals surface area contributed by atoms with Crippen LogP contribution < -0.4 is 5.32 Å². The van der Waals surface area contributed by atoms with E-state index in [4.69, 9.17) is 0 Å². The van der Waals surface area contributed by atoms with Gasteiger partial charge in [-0.05, 0) is 32.7 Å². The molecule has 3 rings (SSSR count). The predicted octanol–water partition coefficient (Wildman–Crippen LogP) is 0.530. The van der Waals surface area contributed by atoms with Gasteiger partial charge in [-0.15, -0.1) is 10.2 Å². The van der Waals surface area contributed by atoms with Crippen molar-refractivity contribution in [2.45, 2.75) is 50.4 Å². The van der Waals surface area contributed by atoms with Gasteiger partial charge in [-0.25, -0.2) is 0 Å². The standard InChI is InChI=1S/C12H21N5/c1-16(7-12-15-13-8-17(12)2)11-5-9-3-4-10(6-11)14-9/h8-11,14H,3-7H2,1-2H3. The van der Waals surface area contributed by atoms with Gasteiger partial charge in [0.25, 0.3) is 0 Å². The van der Waals surface area contributed by atoms with Crippen molar-refractivity contribution in [3.05, 3.63) is 12.2 Å². The maximum atomic E-state index is 4.16. The van der Waals surface area contributed by atoms with E-state index in [0.29, 0.717) is 6.04 Å². The summed E-state index contributed by atoms with van der Waals surface area (Å²) < 4.78 is 2.01. The van der Waals surface area contributed by atoms with Gasteiger partial charge in [0.2, 0.25) is 0 Å². The lowest BCUT2D eigenvalue weighted by Crippen LogP contribution is -2.46. The van der Waals surface area contributed by atoms with E-state index in [-0.39, 0.29) is 0 Å². The van der Waals surface area contributed by atoms with Crippen LogP contribution >= 0.6 is 0 Å². The third-order valence-corrected chi connectivity index (χ3v) is 4.27. The first-order valence-corrected chi connectivity index (χ1v) is 6.51. The number of aryl methyl sites for hydroxylation is 1. The molecule has 0 aromatic carbocycles. The second kappa shape index (κ2) is 4.38. The highest BCUT2D eigenvalue weighted by Gasteiger charge is 2.35. The molecule has 2 atom stereocenters. The highest BCUT2D eigenvalue weighted by atomic mass is 15.3. The normalized spacial score (nSPS) is 32.3. The molecule has 2 unspecified atom stereocenters. The van der Waals surface area contributed by atoms with Gasteiger partial charge in [-0.3, -0.25) is 4.90 Å². The van der Waals surface area contributed by atoms with Crippen LogP contribution in [0.3, 0.4) is 0 Å². The molecular formula is C12H21N5. The minimum Gasteiger partial charge on any atom is -0.320 e. The molecule has 1 aromatic heterocycles. The van der Waals surface area contributed by atoms with Crippen molar-refractivity contribution in [3.63, 3.8) is 0 Å². The summed E-state index contributed by atoms with van der Waals surface area (Å²) in [6.07, 6.45) is 7.06. The third kappa shape index (κ3) is 2.21. The van der Waals surface area contributed by atoms with Crippen molar-refractivity contribution >= 4 is 0 Å². The molecule has 0 aliphatic carbocycles. The molecule has 94 valence electrons. The SMILES string of the molecule is CN(Cc1nncn1C)C1CC2CCC(C1)N2. The molecule has 2 fully saturated rings. The summed E-state index contributed by atoms with van der Waals surface area (Å²) in [5.74, 6) is 1.05. The van der Waals surface area contributed by atoms with Gasteiger partial charge in [0.15, 0.2) is 0 Å². The molecule has 17 heavy (non-hydrogen) atoms. The predicted molar refractivity (Wildman–Crippen MR) is 65.4 cm³/mol. The Balaban J connectivity index is 1.63.